The van der Waals surface area contributed by atoms with E-state index in [0.717, 1.165) is 101 Å². The number of ether oxygens (including phenoxy) is 1. The average Bonchev–Trinajstić information content (AvgIpc) is 3.50. The number of rotatable bonds is 12. The number of nitrogens with zero attached hydrogens (tertiary/aromatic N) is 5. The summed E-state index contributed by atoms with van der Waals surface area (Å²) in [6.07, 6.45) is 6.30. The number of piperidine rings is 1. The number of hydrogen-bond acceptors (Lipinski definition) is 7. The van der Waals surface area contributed by atoms with Crippen molar-refractivity contribution in [3.8, 4) is 6.07 Å². The van der Waals surface area contributed by atoms with E-state index in [1.54, 1.807) is 12.1 Å². The lowest BCUT2D eigenvalue weighted by molar-refractivity contribution is -0.142. The van der Waals surface area contributed by atoms with E-state index in [-0.39, 0.29) is 23.1 Å². The molecule has 7 nitrogen and oxygen atoms in total. The van der Waals surface area contributed by atoms with Crippen LogP contribution in [-0.4, -0.2) is 99.4 Å². The van der Waals surface area contributed by atoms with Crippen LogP contribution < -0.4 is 4.90 Å². The van der Waals surface area contributed by atoms with Crippen LogP contribution in [0.3, 0.4) is 0 Å². The number of hydrogen-bond donors (Lipinski definition) is 0. The van der Waals surface area contributed by atoms with Gasteiger partial charge in [0.2, 0.25) is 0 Å². The molecule has 9 heteroatoms. The molecule has 2 aromatic rings. The molecule has 0 unspecified atom stereocenters. The van der Waals surface area contributed by atoms with Crippen LogP contribution in [0.1, 0.15) is 61.6 Å². The number of likely N-dealkylation sites (tertiary alicyclic amines) is 3. The maximum absolute atomic E-state index is 15.0. The number of anilines is 1. The van der Waals surface area contributed by atoms with Crippen molar-refractivity contribution in [2.45, 2.75) is 63.1 Å². The lowest BCUT2D eigenvalue weighted by Gasteiger charge is -2.54. The molecule has 0 bridgehead atoms. The minimum absolute atomic E-state index is 0.128. The molecular weight excluding hydrogens is 608 g/mol. The van der Waals surface area contributed by atoms with Crippen molar-refractivity contribution in [1.82, 2.24) is 14.7 Å². The van der Waals surface area contributed by atoms with Crippen LogP contribution in [-0.2, 0) is 21.5 Å². The molecule has 4 saturated heterocycles. The number of nitriles is 1. The zero-order valence-electron chi connectivity index (χ0n) is 28.5. The van der Waals surface area contributed by atoms with Gasteiger partial charge in [-0.2, -0.15) is 5.26 Å². The van der Waals surface area contributed by atoms with Crippen molar-refractivity contribution in [3.05, 3.63) is 65.0 Å². The highest BCUT2D eigenvalue weighted by Crippen LogP contribution is 2.54. The monoisotopic (exact) mass is 659 g/mol. The fourth-order valence-electron chi connectivity index (χ4n) is 9.82. The average molecular weight is 660 g/mol. The van der Waals surface area contributed by atoms with Gasteiger partial charge >= 0.3 is 5.97 Å². The number of halogens is 2. The van der Waals surface area contributed by atoms with E-state index < -0.39 is 6.17 Å². The Bertz CT molecular complexity index is 1470. The fourth-order valence-corrected chi connectivity index (χ4v) is 9.82. The number of benzene rings is 2. The van der Waals surface area contributed by atoms with Gasteiger partial charge in [0.05, 0.1) is 18.7 Å². The Morgan fingerprint density at radius 1 is 0.958 bits per heavy atom. The predicted octanol–water partition coefficient (Wildman–Crippen LogP) is 5.62. The zero-order chi connectivity index (χ0) is 33.3. The van der Waals surface area contributed by atoms with Gasteiger partial charge in [-0.1, -0.05) is 18.6 Å². The summed E-state index contributed by atoms with van der Waals surface area (Å²) in [6.45, 7) is 9.83. The third kappa shape index (κ3) is 6.86. The molecule has 258 valence electrons. The molecule has 0 N–H and O–H groups in total. The Morgan fingerprint density at radius 3 is 2.42 bits per heavy atom. The van der Waals surface area contributed by atoms with Crippen molar-refractivity contribution in [2.24, 2.45) is 23.7 Å². The molecule has 5 aliphatic rings. The minimum Gasteiger partial charge on any atom is -0.469 e. The SMILES string of the molecule is COC(=O)C[C@H]1CCC[C@@H]1[C@](CN1CCC1)(c1cccc(F)c1)C1CCN(CC2CN(c3ccc(C#N)c(CN4CC(F)C4)c3)C2)CC1. The molecule has 5 fully saturated rings. The Balaban J connectivity index is 1.02. The molecule has 0 radical (unpaired) electrons. The van der Waals surface area contributed by atoms with Crippen LogP contribution in [0, 0.1) is 40.8 Å². The van der Waals surface area contributed by atoms with Crippen LogP contribution >= 0.6 is 0 Å². The molecule has 4 heterocycles. The molecule has 48 heavy (non-hydrogen) atoms. The summed E-state index contributed by atoms with van der Waals surface area (Å²) in [4.78, 5) is 22.2. The summed E-state index contributed by atoms with van der Waals surface area (Å²) >= 11 is 0. The summed E-state index contributed by atoms with van der Waals surface area (Å²) in [7, 11) is 1.49. The number of methoxy groups -OCH3 is 1. The highest BCUT2D eigenvalue weighted by Gasteiger charge is 2.53. The van der Waals surface area contributed by atoms with E-state index in [4.69, 9.17) is 4.74 Å². The van der Waals surface area contributed by atoms with Gasteiger partial charge < -0.3 is 19.4 Å². The molecule has 0 amide bonds. The smallest absolute Gasteiger partial charge is 0.305 e. The molecule has 3 atom stereocenters. The van der Waals surface area contributed by atoms with Crippen molar-refractivity contribution < 1.29 is 18.3 Å². The van der Waals surface area contributed by atoms with Crippen molar-refractivity contribution in [3.63, 3.8) is 0 Å². The van der Waals surface area contributed by atoms with Gasteiger partial charge in [-0.05, 0) is 117 Å². The first-order valence-corrected chi connectivity index (χ1v) is 18.3. The van der Waals surface area contributed by atoms with Crippen LogP contribution in [0.2, 0.25) is 0 Å². The normalized spacial score (nSPS) is 25.9. The number of esters is 1. The van der Waals surface area contributed by atoms with Crippen molar-refractivity contribution >= 4 is 11.7 Å². The largest absolute Gasteiger partial charge is 0.469 e. The summed E-state index contributed by atoms with van der Waals surface area (Å²) in [5.74, 6) is 1.31. The third-order valence-corrected chi connectivity index (χ3v) is 12.4. The molecule has 2 aromatic carbocycles. The van der Waals surface area contributed by atoms with Gasteiger partial charge in [0.1, 0.15) is 12.0 Å². The second kappa shape index (κ2) is 14.4. The second-order valence-electron chi connectivity index (χ2n) is 15.3. The Morgan fingerprint density at radius 2 is 1.75 bits per heavy atom. The van der Waals surface area contributed by atoms with E-state index in [1.165, 1.54) is 13.5 Å². The quantitative estimate of drug-likeness (QED) is 0.274. The first kappa shape index (κ1) is 33.4. The van der Waals surface area contributed by atoms with Gasteiger partial charge in [-0.15, -0.1) is 0 Å². The summed E-state index contributed by atoms with van der Waals surface area (Å²) in [6, 6.07) is 15.8. The first-order chi connectivity index (χ1) is 23.3. The summed E-state index contributed by atoms with van der Waals surface area (Å²) in [5.41, 5.74) is 3.76. The molecule has 0 spiro atoms. The summed E-state index contributed by atoms with van der Waals surface area (Å²) in [5, 5.41) is 9.62. The van der Waals surface area contributed by atoms with Crippen molar-refractivity contribution in [1.29, 1.82) is 5.26 Å². The van der Waals surface area contributed by atoms with Crippen LogP contribution in [0.5, 0.6) is 0 Å². The lowest BCUT2D eigenvalue weighted by atomic mass is 9.56. The van der Waals surface area contributed by atoms with E-state index in [0.29, 0.717) is 49.4 Å². The topological polar surface area (TPSA) is 63.1 Å². The van der Waals surface area contributed by atoms with Crippen LogP contribution in [0.15, 0.2) is 42.5 Å². The number of carbonyl (C=O) groups is 1. The fraction of sp³-hybridized carbons (Fsp3) is 0.641. The van der Waals surface area contributed by atoms with Gasteiger partial charge in [0, 0.05) is 69.3 Å². The maximum Gasteiger partial charge on any atom is 0.305 e. The number of alkyl halides is 1. The predicted molar refractivity (Wildman–Crippen MR) is 183 cm³/mol. The highest BCUT2D eigenvalue weighted by molar-refractivity contribution is 5.69. The lowest BCUT2D eigenvalue weighted by Crippen LogP contribution is -2.58. The molecule has 7 rings (SSSR count). The van der Waals surface area contributed by atoms with E-state index in [9.17, 15) is 18.8 Å². The van der Waals surface area contributed by atoms with Gasteiger partial charge in [0.15, 0.2) is 0 Å². The van der Waals surface area contributed by atoms with E-state index in [2.05, 4.69) is 43.9 Å². The van der Waals surface area contributed by atoms with E-state index in [1.807, 2.05) is 12.1 Å². The zero-order valence-corrected chi connectivity index (χ0v) is 28.5. The third-order valence-electron chi connectivity index (χ3n) is 12.4. The second-order valence-corrected chi connectivity index (χ2v) is 15.3. The van der Waals surface area contributed by atoms with Crippen LogP contribution in [0.25, 0.3) is 0 Å². The molecule has 1 saturated carbocycles. The van der Waals surface area contributed by atoms with Crippen molar-refractivity contribution in [2.75, 3.05) is 77.5 Å². The molecule has 4 aliphatic heterocycles. The number of carbonyl (C=O) groups excluding carboxylic acids is 1. The standard InChI is InChI=1S/C39H51F2N5O2/c1-48-38(47)18-29-5-2-8-37(29)39(27-44-13-4-14-44,33-6-3-7-34(40)19-33)32-11-15-43(16-12-32)21-28-22-46(23-28)36-10-9-30(20-42)31(17-36)24-45-25-35(41)26-45/h3,6-7,9-10,17,19,28-29,32,35,37H,2,4-5,8,11-16,18,21-27H2,1H3/t29-,37+,39+/m1/s1. The van der Waals surface area contributed by atoms with Crippen LogP contribution in [0.4, 0.5) is 14.5 Å². The van der Waals surface area contributed by atoms with Gasteiger partial charge in [-0.25, -0.2) is 8.78 Å². The Kier molecular flexibility index (Phi) is 10.0. The molecule has 0 aromatic heterocycles. The maximum atomic E-state index is 15.0. The van der Waals surface area contributed by atoms with Gasteiger partial charge in [0.25, 0.3) is 0 Å². The minimum atomic E-state index is -0.746. The first-order valence-electron chi connectivity index (χ1n) is 18.3. The van der Waals surface area contributed by atoms with Gasteiger partial charge in [-0.3, -0.25) is 9.69 Å². The summed E-state index contributed by atoms with van der Waals surface area (Å²) < 4.78 is 33.5. The molecule has 1 aliphatic carbocycles. The Hall–Kier alpha value is -3.06. The van der Waals surface area contributed by atoms with E-state index >= 15 is 0 Å². The Labute approximate surface area is 284 Å². The molecular formula is C39H51F2N5O2. The highest BCUT2D eigenvalue weighted by atomic mass is 19.1.